The minimum Gasteiger partial charge on any atom is -0.478 e. The Balaban J connectivity index is 0.000000275. The van der Waals surface area contributed by atoms with Crippen molar-refractivity contribution in [2.75, 3.05) is 0 Å². The van der Waals surface area contributed by atoms with E-state index in [4.69, 9.17) is 9.47 Å². The van der Waals surface area contributed by atoms with Crippen molar-refractivity contribution in [2.45, 2.75) is 59.2 Å². The Labute approximate surface area is 269 Å². The molecule has 0 heterocycles. The molecule has 0 saturated carbocycles. The van der Waals surface area contributed by atoms with Crippen LogP contribution in [0.5, 0.6) is 0 Å². The van der Waals surface area contributed by atoms with E-state index in [1.165, 1.54) is 60.2 Å². The largest absolute Gasteiger partial charge is 0.478 e. The molecule has 0 amide bonds. The van der Waals surface area contributed by atoms with Gasteiger partial charge in [-0.25, -0.2) is 19.2 Å². The Hall–Kier alpha value is -5.24. The summed E-state index contributed by atoms with van der Waals surface area (Å²) < 4.78 is 9.64. The predicted octanol–water partition coefficient (Wildman–Crippen LogP) is 7.03. The Morgan fingerprint density at radius 3 is 1.35 bits per heavy atom. The number of esters is 2. The summed E-state index contributed by atoms with van der Waals surface area (Å²) in [4.78, 5) is 47.3. The second-order valence-corrected chi connectivity index (χ2v) is 11.4. The lowest BCUT2D eigenvalue weighted by molar-refractivity contribution is -0.166. The summed E-state index contributed by atoms with van der Waals surface area (Å²) in [6.07, 6.45) is -0.805. The lowest BCUT2D eigenvalue weighted by Gasteiger charge is -2.21. The highest BCUT2D eigenvalue weighted by atomic mass is 16.6. The number of rotatable bonds is 12. The van der Waals surface area contributed by atoms with Gasteiger partial charge in [-0.05, 0) is 81.3 Å². The zero-order chi connectivity index (χ0) is 33.6. The summed E-state index contributed by atoms with van der Waals surface area (Å²) in [5, 5.41) is 18.6. The van der Waals surface area contributed by atoms with E-state index >= 15 is 0 Å². The molecule has 0 aliphatic carbocycles. The van der Waals surface area contributed by atoms with Gasteiger partial charge in [0.05, 0.1) is 11.1 Å². The molecule has 0 radical (unpaired) electrons. The molecule has 0 saturated heterocycles. The maximum Gasteiger partial charge on any atom is 0.349 e. The number of carboxylic acids is 2. The molecule has 4 rings (SSSR count). The fourth-order valence-electron chi connectivity index (χ4n) is 4.52. The lowest BCUT2D eigenvalue weighted by atomic mass is 9.94. The second kappa shape index (κ2) is 17.3. The molecular weight excluding hydrogens is 584 g/mol. The average Bonchev–Trinajstić information content (AvgIpc) is 3.04. The number of aryl methyl sites for hydroxylation is 4. The van der Waals surface area contributed by atoms with Gasteiger partial charge in [-0.15, -0.1) is 0 Å². The highest BCUT2D eigenvalue weighted by Crippen LogP contribution is 2.16. The molecule has 0 aliphatic rings. The van der Waals surface area contributed by atoms with Crippen LogP contribution in [-0.2, 0) is 31.9 Å². The van der Waals surface area contributed by atoms with E-state index in [0.717, 1.165) is 17.0 Å². The maximum absolute atomic E-state index is 12.2. The second-order valence-electron chi connectivity index (χ2n) is 11.4. The Morgan fingerprint density at radius 1 is 0.565 bits per heavy atom. The van der Waals surface area contributed by atoms with Crippen LogP contribution in [0.4, 0.5) is 0 Å². The van der Waals surface area contributed by atoms with E-state index in [1.807, 2.05) is 0 Å². The van der Waals surface area contributed by atoms with Crippen LogP contribution in [0, 0.1) is 26.7 Å². The van der Waals surface area contributed by atoms with Crippen molar-refractivity contribution in [1.29, 1.82) is 0 Å². The Bertz CT molecular complexity index is 1500. The van der Waals surface area contributed by atoms with Gasteiger partial charge in [0.2, 0.25) is 12.2 Å². The third-order valence-electron chi connectivity index (χ3n) is 7.28. The third kappa shape index (κ3) is 11.4. The maximum atomic E-state index is 12.2. The summed E-state index contributed by atoms with van der Waals surface area (Å²) in [5.74, 6) is -4.88. The number of hydrogen-bond acceptors (Lipinski definition) is 6. The van der Waals surface area contributed by atoms with Gasteiger partial charge in [-0.2, -0.15) is 0 Å². The van der Waals surface area contributed by atoms with Crippen LogP contribution >= 0.6 is 0 Å². The molecule has 3 atom stereocenters. The van der Waals surface area contributed by atoms with Crippen LogP contribution in [-0.4, -0.2) is 46.3 Å². The van der Waals surface area contributed by atoms with Crippen LogP contribution in [0.25, 0.3) is 0 Å². The molecule has 0 spiro atoms. The molecule has 0 aromatic heterocycles. The molecule has 240 valence electrons. The summed E-state index contributed by atoms with van der Waals surface area (Å²) in [5.41, 5.74) is 6.05. The molecule has 46 heavy (non-hydrogen) atoms. The number of carbonyl (C=O) groups is 4. The van der Waals surface area contributed by atoms with Gasteiger partial charge in [0.1, 0.15) is 0 Å². The van der Waals surface area contributed by atoms with Crippen molar-refractivity contribution in [2.24, 2.45) is 5.92 Å². The van der Waals surface area contributed by atoms with Gasteiger partial charge in [0.15, 0.2) is 0 Å². The number of ether oxygens (including phenoxy) is 2. The number of carboxylic acid groups (broad SMARTS) is 2. The number of benzene rings is 4. The Morgan fingerprint density at radius 2 is 0.957 bits per heavy atom. The van der Waals surface area contributed by atoms with Gasteiger partial charge in [0.25, 0.3) is 0 Å². The Kier molecular flexibility index (Phi) is 13.3. The van der Waals surface area contributed by atoms with Gasteiger partial charge in [-0.3, -0.25) is 0 Å². The molecule has 2 unspecified atom stereocenters. The first-order valence-corrected chi connectivity index (χ1v) is 15.0. The SMILES string of the molecule is Cc1ccc(C(=O)OC(C(=O)O)[C@H](OC(=O)c2ccc(C)cc2)C(=O)O)cc1.Cc1ccc(CC(C)CCc2ccccc2)cc1. The fraction of sp³-hybridized carbons (Fsp3) is 0.263. The van der Waals surface area contributed by atoms with E-state index in [1.54, 1.807) is 38.1 Å². The standard InChI is InChI=1S/C20H18O8.C18H22/c1-11-3-7-13(8-4-11)19(25)27-15(17(21)22)16(18(23)24)28-20(26)14-9-5-12(2)6-10-14;1-15-8-12-18(13-9-15)14-16(2)10-11-17-6-4-3-5-7-17/h3-10,15-16H,1-2H3,(H,21,22)(H,23,24);3-9,12-13,16H,10-11,14H2,1-2H3/t15-,16?;/m0./s1. The van der Waals surface area contributed by atoms with E-state index in [2.05, 4.69) is 68.4 Å². The lowest BCUT2D eigenvalue weighted by Crippen LogP contribution is -2.45. The molecule has 0 bridgehead atoms. The van der Waals surface area contributed by atoms with Gasteiger partial charge < -0.3 is 19.7 Å². The van der Waals surface area contributed by atoms with Crippen molar-refractivity contribution >= 4 is 23.9 Å². The minimum atomic E-state index is -2.22. The normalized spacial score (nSPS) is 12.4. The predicted molar refractivity (Wildman–Crippen MR) is 175 cm³/mol. The van der Waals surface area contributed by atoms with Crippen molar-refractivity contribution < 1.29 is 38.9 Å². The van der Waals surface area contributed by atoms with Crippen LogP contribution in [0.3, 0.4) is 0 Å². The van der Waals surface area contributed by atoms with E-state index in [9.17, 15) is 29.4 Å². The van der Waals surface area contributed by atoms with E-state index in [-0.39, 0.29) is 11.1 Å². The van der Waals surface area contributed by atoms with Crippen LogP contribution in [0.2, 0.25) is 0 Å². The van der Waals surface area contributed by atoms with Crippen LogP contribution < -0.4 is 0 Å². The quantitative estimate of drug-likeness (QED) is 0.161. The first-order valence-electron chi connectivity index (χ1n) is 15.0. The number of aliphatic carboxylic acids is 2. The third-order valence-corrected chi connectivity index (χ3v) is 7.28. The van der Waals surface area contributed by atoms with E-state index in [0.29, 0.717) is 0 Å². The summed E-state index contributed by atoms with van der Waals surface area (Å²) >= 11 is 0. The highest BCUT2D eigenvalue weighted by Gasteiger charge is 2.41. The topological polar surface area (TPSA) is 127 Å². The van der Waals surface area contributed by atoms with Crippen molar-refractivity contribution in [3.8, 4) is 0 Å². The first kappa shape index (κ1) is 35.2. The molecule has 8 heteroatoms. The van der Waals surface area contributed by atoms with Crippen LogP contribution in [0.1, 0.15) is 61.9 Å². The highest BCUT2D eigenvalue weighted by molar-refractivity contribution is 5.95. The molecule has 4 aromatic rings. The molecule has 8 nitrogen and oxygen atoms in total. The zero-order valence-corrected chi connectivity index (χ0v) is 26.5. The molecule has 0 aliphatic heterocycles. The van der Waals surface area contributed by atoms with Gasteiger partial charge >= 0.3 is 23.9 Å². The number of hydrogen-bond donors (Lipinski definition) is 2. The fourth-order valence-corrected chi connectivity index (χ4v) is 4.52. The first-order chi connectivity index (χ1) is 21.9. The molecule has 2 N–H and O–H groups in total. The zero-order valence-electron chi connectivity index (χ0n) is 26.5. The monoisotopic (exact) mass is 624 g/mol. The van der Waals surface area contributed by atoms with Crippen molar-refractivity contribution in [1.82, 2.24) is 0 Å². The van der Waals surface area contributed by atoms with Crippen molar-refractivity contribution in [3.63, 3.8) is 0 Å². The van der Waals surface area contributed by atoms with Gasteiger partial charge in [0, 0.05) is 0 Å². The summed E-state index contributed by atoms with van der Waals surface area (Å²) in [7, 11) is 0. The van der Waals surface area contributed by atoms with Crippen LogP contribution in [0.15, 0.2) is 103 Å². The summed E-state index contributed by atoms with van der Waals surface area (Å²) in [6, 6.07) is 31.8. The number of carbonyl (C=O) groups excluding carboxylic acids is 2. The molecule has 4 aromatic carbocycles. The van der Waals surface area contributed by atoms with E-state index < -0.39 is 36.1 Å². The van der Waals surface area contributed by atoms with Crippen molar-refractivity contribution in [3.05, 3.63) is 142 Å². The average molecular weight is 625 g/mol. The summed E-state index contributed by atoms with van der Waals surface area (Å²) in [6.45, 7) is 8.08. The molecular formula is C38H40O8. The van der Waals surface area contributed by atoms with Gasteiger partial charge in [-0.1, -0.05) is 102 Å². The molecule has 0 fully saturated rings. The minimum absolute atomic E-state index is 0.0332. The smallest absolute Gasteiger partial charge is 0.349 e.